The number of hydrogen-bond donors (Lipinski definition) is 0. The fourth-order valence-electron chi connectivity index (χ4n) is 3.48. The lowest BCUT2D eigenvalue weighted by Crippen LogP contribution is -2.42. The lowest BCUT2D eigenvalue weighted by molar-refractivity contribution is -0.135. The van der Waals surface area contributed by atoms with Gasteiger partial charge in [-0.3, -0.25) is 4.79 Å². The molecule has 2 rings (SSSR count). The Balaban J connectivity index is 2.17. The van der Waals surface area contributed by atoms with Gasteiger partial charge in [0.25, 0.3) is 0 Å². The van der Waals surface area contributed by atoms with Crippen molar-refractivity contribution in [3.63, 3.8) is 0 Å². The molecule has 0 bridgehead atoms. The summed E-state index contributed by atoms with van der Waals surface area (Å²) in [7, 11) is 2.01. The van der Waals surface area contributed by atoms with Gasteiger partial charge in [-0.25, -0.2) is 0 Å². The highest BCUT2D eigenvalue weighted by atomic mass is 16.2. The maximum absolute atomic E-state index is 13.1. The molecule has 2 atom stereocenters. The van der Waals surface area contributed by atoms with Gasteiger partial charge in [-0.1, -0.05) is 69.9 Å². The first-order valence-electron chi connectivity index (χ1n) is 8.46. The molecule has 116 valence electrons. The van der Waals surface area contributed by atoms with Crippen LogP contribution < -0.4 is 0 Å². The molecule has 21 heavy (non-hydrogen) atoms. The summed E-state index contributed by atoms with van der Waals surface area (Å²) in [5.41, 5.74) is 1.17. The fraction of sp³-hybridized carbons (Fsp3) is 0.632. The Labute approximate surface area is 129 Å². The second-order valence-corrected chi connectivity index (χ2v) is 6.51. The van der Waals surface area contributed by atoms with Crippen LogP contribution in [0.25, 0.3) is 0 Å². The minimum atomic E-state index is 0.00289. The Morgan fingerprint density at radius 2 is 1.81 bits per heavy atom. The van der Waals surface area contributed by atoms with Gasteiger partial charge in [0, 0.05) is 13.1 Å². The average molecular weight is 287 g/mol. The number of nitrogens with zero attached hydrogens (tertiary/aromatic N) is 1. The Kier molecular flexibility index (Phi) is 5.84. The summed E-state index contributed by atoms with van der Waals surface area (Å²) >= 11 is 0. The van der Waals surface area contributed by atoms with E-state index in [-0.39, 0.29) is 5.92 Å². The average Bonchev–Trinajstić information content (AvgIpc) is 2.55. The van der Waals surface area contributed by atoms with Crippen LogP contribution in [0.4, 0.5) is 0 Å². The van der Waals surface area contributed by atoms with Crippen LogP contribution in [0.15, 0.2) is 30.3 Å². The molecule has 1 saturated carbocycles. The predicted octanol–water partition coefficient (Wildman–Crippen LogP) is 4.61. The van der Waals surface area contributed by atoms with Gasteiger partial charge >= 0.3 is 0 Å². The largest absolute Gasteiger partial charge is 0.342 e. The van der Waals surface area contributed by atoms with Gasteiger partial charge in [-0.05, 0) is 24.3 Å². The molecule has 2 heteroatoms. The van der Waals surface area contributed by atoms with Crippen molar-refractivity contribution in [2.75, 3.05) is 7.05 Å². The zero-order valence-electron chi connectivity index (χ0n) is 13.7. The van der Waals surface area contributed by atoms with Crippen LogP contribution >= 0.6 is 0 Å². The Bertz CT molecular complexity index is 436. The molecule has 2 nitrogen and oxygen atoms in total. The maximum atomic E-state index is 13.1. The molecule has 1 aromatic rings. The number of benzene rings is 1. The summed E-state index contributed by atoms with van der Waals surface area (Å²) in [6.07, 6.45) is 7.23. The lowest BCUT2D eigenvalue weighted by atomic mass is 9.83. The van der Waals surface area contributed by atoms with Crippen LogP contribution in [0, 0.1) is 5.92 Å². The Morgan fingerprint density at radius 3 is 2.38 bits per heavy atom. The molecule has 0 spiro atoms. The highest BCUT2D eigenvalue weighted by molar-refractivity contribution is 5.84. The number of likely N-dealkylation sites (N-methyl/N-ethyl adjacent to an activating group) is 1. The number of carbonyl (C=O) groups is 1. The SMILES string of the molecule is CCC(C)C(C(=O)N(C)C1CCCCC1)c1ccccc1. The van der Waals surface area contributed by atoms with E-state index < -0.39 is 0 Å². The van der Waals surface area contributed by atoms with Crippen molar-refractivity contribution in [2.45, 2.75) is 64.3 Å². The predicted molar refractivity (Wildman–Crippen MR) is 88.3 cm³/mol. The molecular formula is C19H29NO. The molecular weight excluding hydrogens is 258 g/mol. The van der Waals surface area contributed by atoms with E-state index in [1.54, 1.807) is 0 Å². The van der Waals surface area contributed by atoms with E-state index in [1.807, 2.05) is 30.1 Å². The molecule has 2 unspecified atom stereocenters. The number of hydrogen-bond acceptors (Lipinski definition) is 1. The van der Waals surface area contributed by atoms with E-state index in [0.29, 0.717) is 17.9 Å². The van der Waals surface area contributed by atoms with Gasteiger partial charge in [0.1, 0.15) is 0 Å². The van der Waals surface area contributed by atoms with Crippen molar-refractivity contribution < 1.29 is 4.79 Å². The first-order valence-corrected chi connectivity index (χ1v) is 8.46. The molecule has 1 aromatic carbocycles. The minimum Gasteiger partial charge on any atom is -0.342 e. The normalized spacial score (nSPS) is 19.0. The van der Waals surface area contributed by atoms with Crippen molar-refractivity contribution in [1.29, 1.82) is 0 Å². The zero-order chi connectivity index (χ0) is 15.2. The third-order valence-corrected chi connectivity index (χ3v) is 5.11. The van der Waals surface area contributed by atoms with Crippen molar-refractivity contribution in [1.82, 2.24) is 4.90 Å². The number of amides is 1. The number of carbonyl (C=O) groups excluding carboxylic acids is 1. The summed E-state index contributed by atoms with van der Waals surface area (Å²) < 4.78 is 0. The summed E-state index contributed by atoms with van der Waals surface area (Å²) in [5, 5.41) is 0. The monoisotopic (exact) mass is 287 g/mol. The molecule has 1 aliphatic rings. The van der Waals surface area contributed by atoms with Gasteiger partial charge in [-0.2, -0.15) is 0 Å². The third kappa shape index (κ3) is 3.87. The highest BCUT2D eigenvalue weighted by Crippen LogP contribution is 2.31. The number of rotatable bonds is 5. The van der Waals surface area contributed by atoms with Crippen LogP contribution in [0.5, 0.6) is 0 Å². The second kappa shape index (κ2) is 7.63. The maximum Gasteiger partial charge on any atom is 0.230 e. The van der Waals surface area contributed by atoms with Gasteiger partial charge in [-0.15, -0.1) is 0 Å². The molecule has 1 fully saturated rings. The second-order valence-electron chi connectivity index (χ2n) is 6.51. The van der Waals surface area contributed by atoms with Crippen LogP contribution in [0.1, 0.15) is 63.9 Å². The van der Waals surface area contributed by atoms with E-state index in [2.05, 4.69) is 26.0 Å². The summed E-state index contributed by atoms with van der Waals surface area (Å²) in [4.78, 5) is 15.1. The van der Waals surface area contributed by atoms with Crippen molar-refractivity contribution in [2.24, 2.45) is 5.92 Å². The quantitative estimate of drug-likeness (QED) is 0.774. The first kappa shape index (κ1) is 16.1. The molecule has 0 aliphatic heterocycles. The standard InChI is InChI=1S/C19H29NO/c1-4-15(2)18(16-11-7-5-8-12-16)19(21)20(3)17-13-9-6-10-14-17/h5,7-8,11-12,15,17-18H,4,6,9-10,13-14H2,1-3H3. The third-order valence-electron chi connectivity index (χ3n) is 5.11. The summed E-state index contributed by atoms with van der Waals surface area (Å²) in [6, 6.07) is 10.7. The molecule has 1 amide bonds. The summed E-state index contributed by atoms with van der Waals surface area (Å²) in [6.45, 7) is 4.37. The molecule has 0 heterocycles. The zero-order valence-corrected chi connectivity index (χ0v) is 13.7. The van der Waals surface area contributed by atoms with E-state index in [4.69, 9.17) is 0 Å². The van der Waals surface area contributed by atoms with Crippen LogP contribution in [-0.4, -0.2) is 23.9 Å². The topological polar surface area (TPSA) is 20.3 Å². The first-order chi connectivity index (χ1) is 10.1. The van der Waals surface area contributed by atoms with Crippen LogP contribution in [0.2, 0.25) is 0 Å². The molecule has 0 N–H and O–H groups in total. The lowest BCUT2D eigenvalue weighted by Gasteiger charge is -2.35. The van der Waals surface area contributed by atoms with E-state index in [9.17, 15) is 4.79 Å². The smallest absolute Gasteiger partial charge is 0.230 e. The van der Waals surface area contributed by atoms with Crippen molar-refractivity contribution in [3.8, 4) is 0 Å². The van der Waals surface area contributed by atoms with Gasteiger partial charge in [0.2, 0.25) is 5.91 Å². The Morgan fingerprint density at radius 1 is 1.19 bits per heavy atom. The van der Waals surface area contributed by atoms with Gasteiger partial charge in [0.15, 0.2) is 0 Å². The van der Waals surface area contributed by atoms with Crippen molar-refractivity contribution >= 4 is 5.91 Å². The molecule has 0 aromatic heterocycles. The van der Waals surface area contributed by atoms with Crippen molar-refractivity contribution in [3.05, 3.63) is 35.9 Å². The minimum absolute atomic E-state index is 0.00289. The fourth-order valence-corrected chi connectivity index (χ4v) is 3.48. The highest BCUT2D eigenvalue weighted by Gasteiger charge is 2.31. The summed E-state index contributed by atoms with van der Waals surface area (Å²) in [5.74, 6) is 0.691. The Hall–Kier alpha value is -1.31. The molecule has 1 aliphatic carbocycles. The van der Waals surface area contributed by atoms with Gasteiger partial charge in [0.05, 0.1) is 5.92 Å². The van der Waals surface area contributed by atoms with Crippen LogP contribution in [0.3, 0.4) is 0 Å². The van der Waals surface area contributed by atoms with E-state index in [1.165, 1.54) is 37.7 Å². The van der Waals surface area contributed by atoms with Crippen LogP contribution in [-0.2, 0) is 4.79 Å². The van der Waals surface area contributed by atoms with Gasteiger partial charge < -0.3 is 4.90 Å². The molecule has 0 radical (unpaired) electrons. The van der Waals surface area contributed by atoms with E-state index in [0.717, 1.165) is 6.42 Å². The molecule has 0 saturated heterocycles. The van der Waals surface area contributed by atoms with E-state index >= 15 is 0 Å².